The Balaban J connectivity index is 1.82. The molecule has 3 rings (SSSR count). The molecule has 0 saturated heterocycles. The number of ether oxygens (including phenoxy) is 1. The second-order valence-electron chi connectivity index (χ2n) is 5.14. The Morgan fingerprint density at radius 1 is 1.29 bits per heavy atom. The zero-order valence-electron chi connectivity index (χ0n) is 13.7. The summed E-state index contributed by atoms with van der Waals surface area (Å²) in [6, 6.07) is 9.40. The highest BCUT2D eigenvalue weighted by molar-refractivity contribution is 7.16. The van der Waals surface area contributed by atoms with Gasteiger partial charge in [0.05, 0.1) is 12.8 Å². The minimum Gasteiger partial charge on any atom is -0.497 e. The number of aromatic nitrogens is 3. The molecule has 0 fully saturated rings. The van der Waals surface area contributed by atoms with Crippen molar-refractivity contribution in [3.63, 3.8) is 0 Å². The minimum absolute atomic E-state index is 0.204. The van der Waals surface area contributed by atoms with Gasteiger partial charge in [0.1, 0.15) is 11.4 Å². The van der Waals surface area contributed by atoms with Gasteiger partial charge in [-0.3, -0.25) is 14.8 Å². The molecule has 0 aliphatic rings. The van der Waals surface area contributed by atoms with E-state index in [0.717, 1.165) is 21.9 Å². The van der Waals surface area contributed by atoms with Gasteiger partial charge in [-0.25, -0.2) is 4.98 Å². The molecular formula is C17H18N4O2S. The van der Waals surface area contributed by atoms with Gasteiger partial charge in [-0.2, -0.15) is 5.10 Å². The molecule has 3 aromatic rings. The molecule has 0 atom stereocenters. The molecule has 0 spiro atoms. The monoisotopic (exact) mass is 342 g/mol. The Kier molecular flexibility index (Phi) is 4.61. The highest BCUT2D eigenvalue weighted by Gasteiger charge is 2.15. The average Bonchev–Trinajstić information content (AvgIpc) is 3.21. The third kappa shape index (κ3) is 3.16. The number of nitrogens with zero attached hydrogens (tertiary/aromatic N) is 3. The van der Waals surface area contributed by atoms with Crippen LogP contribution >= 0.6 is 11.3 Å². The third-order valence-corrected chi connectivity index (χ3v) is 4.52. The lowest BCUT2D eigenvalue weighted by Gasteiger charge is -2.04. The van der Waals surface area contributed by atoms with E-state index in [2.05, 4.69) is 15.4 Å². The molecule has 6 nitrogen and oxygen atoms in total. The van der Waals surface area contributed by atoms with Gasteiger partial charge in [-0.15, -0.1) is 11.3 Å². The number of methoxy groups -OCH3 is 1. The van der Waals surface area contributed by atoms with Crippen molar-refractivity contribution in [2.75, 3.05) is 12.4 Å². The molecule has 0 aliphatic carbocycles. The maximum atomic E-state index is 12.4. The van der Waals surface area contributed by atoms with E-state index in [9.17, 15) is 4.79 Å². The maximum Gasteiger partial charge on any atom is 0.275 e. The molecule has 24 heavy (non-hydrogen) atoms. The van der Waals surface area contributed by atoms with Crippen molar-refractivity contribution in [2.45, 2.75) is 20.4 Å². The number of carbonyl (C=O) groups is 1. The van der Waals surface area contributed by atoms with Crippen LogP contribution in [-0.4, -0.2) is 27.8 Å². The van der Waals surface area contributed by atoms with E-state index < -0.39 is 0 Å². The molecule has 0 saturated carbocycles. The first kappa shape index (κ1) is 16.2. The summed E-state index contributed by atoms with van der Waals surface area (Å²) in [5.41, 5.74) is 2.38. The fourth-order valence-corrected chi connectivity index (χ4v) is 3.24. The van der Waals surface area contributed by atoms with Crippen molar-refractivity contribution in [1.82, 2.24) is 14.8 Å². The van der Waals surface area contributed by atoms with Crippen LogP contribution in [0.4, 0.5) is 5.13 Å². The van der Waals surface area contributed by atoms with E-state index in [1.165, 1.54) is 11.3 Å². The van der Waals surface area contributed by atoms with Crippen LogP contribution in [0.3, 0.4) is 0 Å². The third-order valence-electron chi connectivity index (χ3n) is 3.63. The Labute approximate surface area is 144 Å². The van der Waals surface area contributed by atoms with Crippen molar-refractivity contribution < 1.29 is 9.53 Å². The quantitative estimate of drug-likeness (QED) is 0.769. The summed E-state index contributed by atoms with van der Waals surface area (Å²) < 4.78 is 6.83. The lowest BCUT2D eigenvalue weighted by atomic mass is 10.1. The van der Waals surface area contributed by atoms with Crippen LogP contribution in [0.25, 0.3) is 11.3 Å². The summed E-state index contributed by atoms with van der Waals surface area (Å²) in [7, 11) is 1.64. The molecule has 0 aliphatic heterocycles. The van der Waals surface area contributed by atoms with Gasteiger partial charge in [-0.05, 0) is 44.2 Å². The van der Waals surface area contributed by atoms with E-state index in [4.69, 9.17) is 4.74 Å². The summed E-state index contributed by atoms with van der Waals surface area (Å²) in [5.74, 6) is 0.595. The largest absolute Gasteiger partial charge is 0.497 e. The number of benzene rings is 1. The highest BCUT2D eigenvalue weighted by Crippen LogP contribution is 2.31. The Bertz CT molecular complexity index is 852. The van der Waals surface area contributed by atoms with Crippen LogP contribution in [0, 0.1) is 6.92 Å². The van der Waals surface area contributed by atoms with Crippen LogP contribution in [0.15, 0.2) is 36.5 Å². The van der Waals surface area contributed by atoms with Crippen molar-refractivity contribution >= 4 is 22.4 Å². The van der Waals surface area contributed by atoms with Crippen molar-refractivity contribution in [1.29, 1.82) is 0 Å². The Morgan fingerprint density at radius 3 is 2.71 bits per heavy atom. The smallest absolute Gasteiger partial charge is 0.275 e. The number of anilines is 1. The number of aryl methyl sites for hydroxylation is 2. The molecule has 1 N–H and O–H groups in total. The van der Waals surface area contributed by atoms with Crippen LogP contribution in [-0.2, 0) is 6.54 Å². The Morgan fingerprint density at radius 2 is 2.04 bits per heavy atom. The second-order valence-corrected chi connectivity index (χ2v) is 6.34. The van der Waals surface area contributed by atoms with Gasteiger partial charge >= 0.3 is 0 Å². The van der Waals surface area contributed by atoms with Crippen LogP contribution in [0.1, 0.15) is 22.3 Å². The lowest BCUT2D eigenvalue weighted by Crippen LogP contribution is -2.17. The van der Waals surface area contributed by atoms with Crippen LogP contribution in [0.2, 0.25) is 0 Å². The zero-order chi connectivity index (χ0) is 17.1. The fourth-order valence-electron chi connectivity index (χ4n) is 2.41. The number of hydrogen-bond donors (Lipinski definition) is 1. The summed E-state index contributed by atoms with van der Waals surface area (Å²) in [6.45, 7) is 4.58. The molecule has 2 aromatic heterocycles. The molecule has 7 heteroatoms. The summed E-state index contributed by atoms with van der Waals surface area (Å²) in [5, 5.41) is 7.54. The predicted molar refractivity (Wildman–Crippen MR) is 94.7 cm³/mol. The SMILES string of the molecule is CCn1nccc1C(=O)Nc1nc(-c2ccc(OC)cc2)c(C)s1. The highest BCUT2D eigenvalue weighted by atomic mass is 32.1. The standard InChI is InChI=1S/C17H18N4O2S/c1-4-21-14(9-10-18-21)16(22)20-17-19-15(11(2)24-17)12-5-7-13(23-3)8-6-12/h5-10H,4H2,1-3H3,(H,19,20,22). The first-order valence-corrected chi connectivity index (χ1v) is 8.39. The number of thiazole rings is 1. The first-order valence-electron chi connectivity index (χ1n) is 7.57. The van der Waals surface area contributed by atoms with E-state index >= 15 is 0 Å². The molecule has 124 valence electrons. The predicted octanol–water partition coefficient (Wildman–Crippen LogP) is 3.60. The van der Waals surface area contributed by atoms with E-state index in [1.54, 1.807) is 24.1 Å². The van der Waals surface area contributed by atoms with Crippen LogP contribution < -0.4 is 10.1 Å². The van der Waals surface area contributed by atoms with Crippen molar-refractivity contribution in [3.05, 3.63) is 47.1 Å². The first-order chi connectivity index (χ1) is 11.6. The molecular weight excluding hydrogens is 324 g/mol. The average molecular weight is 342 g/mol. The molecule has 0 radical (unpaired) electrons. The minimum atomic E-state index is -0.204. The zero-order valence-corrected chi connectivity index (χ0v) is 14.6. The molecule has 0 unspecified atom stereocenters. The normalized spacial score (nSPS) is 10.6. The van der Waals surface area contributed by atoms with E-state index in [-0.39, 0.29) is 5.91 Å². The number of rotatable bonds is 5. The van der Waals surface area contributed by atoms with Gasteiger partial charge in [0.25, 0.3) is 5.91 Å². The summed E-state index contributed by atoms with van der Waals surface area (Å²) >= 11 is 1.45. The van der Waals surface area contributed by atoms with E-state index in [1.807, 2.05) is 38.1 Å². The Hall–Kier alpha value is -2.67. The number of nitrogens with one attached hydrogen (secondary N) is 1. The molecule has 2 heterocycles. The fraction of sp³-hybridized carbons (Fsp3) is 0.235. The number of amides is 1. The second kappa shape index (κ2) is 6.84. The maximum absolute atomic E-state index is 12.4. The van der Waals surface area contributed by atoms with E-state index in [0.29, 0.717) is 17.4 Å². The van der Waals surface area contributed by atoms with Crippen molar-refractivity contribution in [2.24, 2.45) is 0 Å². The van der Waals surface area contributed by atoms with Gasteiger partial charge in [-0.1, -0.05) is 0 Å². The topological polar surface area (TPSA) is 69.0 Å². The molecule has 1 aromatic carbocycles. The van der Waals surface area contributed by atoms with Gasteiger partial charge in [0, 0.05) is 23.2 Å². The summed E-state index contributed by atoms with van der Waals surface area (Å²) in [4.78, 5) is 18.0. The summed E-state index contributed by atoms with van der Waals surface area (Å²) in [6.07, 6.45) is 1.62. The van der Waals surface area contributed by atoms with Crippen LogP contribution in [0.5, 0.6) is 5.75 Å². The molecule has 0 bridgehead atoms. The molecule has 1 amide bonds. The van der Waals surface area contributed by atoms with Gasteiger partial charge in [0.15, 0.2) is 5.13 Å². The van der Waals surface area contributed by atoms with Gasteiger partial charge in [0.2, 0.25) is 0 Å². The van der Waals surface area contributed by atoms with Gasteiger partial charge < -0.3 is 4.74 Å². The lowest BCUT2D eigenvalue weighted by molar-refractivity contribution is 0.101. The van der Waals surface area contributed by atoms with Crippen molar-refractivity contribution in [3.8, 4) is 17.0 Å². The number of hydrogen-bond acceptors (Lipinski definition) is 5. The number of carbonyl (C=O) groups excluding carboxylic acids is 1.